The van der Waals surface area contributed by atoms with Gasteiger partial charge in [-0.25, -0.2) is 9.78 Å². The maximum atomic E-state index is 11.9. The zero-order valence-electron chi connectivity index (χ0n) is 13.2. The van der Waals surface area contributed by atoms with Gasteiger partial charge in [-0.1, -0.05) is 0 Å². The van der Waals surface area contributed by atoms with Crippen LogP contribution in [0.25, 0.3) is 0 Å². The summed E-state index contributed by atoms with van der Waals surface area (Å²) in [6.45, 7) is 8.06. The van der Waals surface area contributed by atoms with Crippen molar-refractivity contribution in [1.29, 1.82) is 0 Å². The van der Waals surface area contributed by atoms with Crippen molar-refractivity contribution in [3.63, 3.8) is 0 Å². The number of hydrogen-bond donors (Lipinski definition) is 1. The van der Waals surface area contributed by atoms with Crippen LogP contribution in [0.4, 0.5) is 4.79 Å². The topological polar surface area (TPSA) is 65.5 Å². The molecule has 0 aliphatic heterocycles. The van der Waals surface area contributed by atoms with E-state index in [0.717, 1.165) is 10.7 Å². The average molecular weight is 312 g/mol. The number of rotatable bonds is 7. The Kier molecular flexibility index (Phi) is 7.14. The summed E-state index contributed by atoms with van der Waals surface area (Å²) in [6, 6.07) is -0.187. The number of nitrogens with zero attached hydrogens (tertiary/aromatic N) is 3. The molecule has 3 amide bonds. The highest BCUT2D eigenvalue weighted by molar-refractivity contribution is 7.09. The predicted octanol–water partition coefficient (Wildman–Crippen LogP) is 1.85. The second kappa shape index (κ2) is 8.61. The first-order valence-electron chi connectivity index (χ1n) is 7.15. The molecule has 0 fully saturated rings. The largest absolute Gasteiger partial charge is 0.343 e. The Hall–Kier alpha value is -1.63. The Labute approximate surface area is 130 Å². The van der Waals surface area contributed by atoms with Crippen LogP contribution in [0.5, 0.6) is 0 Å². The maximum absolute atomic E-state index is 11.9. The van der Waals surface area contributed by atoms with E-state index in [1.54, 1.807) is 28.2 Å². The van der Waals surface area contributed by atoms with Crippen LogP contribution in [-0.4, -0.2) is 53.4 Å². The van der Waals surface area contributed by atoms with E-state index in [2.05, 4.69) is 10.3 Å². The molecular formula is C14H24N4O2S. The van der Waals surface area contributed by atoms with Crippen molar-refractivity contribution >= 4 is 23.3 Å². The molecule has 21 heavy (non-hydrogen) atoms. The molecule has 1 heterocycles. The van der Waals surface area contributed by atoms with Crippen molar-refractivity contribution in [2.75, 3.05) is 26.7 Å². The highest BCUT2D eigenvalue weighted by Gasteiger charge is 2.12. The highest BCUT2D eigenvalue weighted by Crippen LogP contribution is 2.09. The molecular weight excluding hydrogens is 288 g/mol. The number of aromatic nitrogens is 1. The van der Waals surface area contributed by atoms with Gasteiger partial charge in [-0.2, -0.15) is 0 Å². The fourth-order valence-corrected chi connectivity index (χ4v) is 2.55. The van der Waals surface area contributed by atoms with Gasteiger partial charge in [-0.3, -0.25) is 4.79 Å². The summed E-state index contributed by atoms with van der Waals surface area (Å²) >= 11 is 1.57. The summed E-state index contributed by atoms with van der Waals surface area (Å²) < 4.78 is 0. The Morgan fingerprint density at radius 1 is 1.33 bits per heavy atom. The lowest BCUT2D eigenvalue weighted by molar-refractivity contribution is -0.130. The number of urea groups is 1. The van der Waals surface area contributed by atoms with E-state index in [1.807, 2.05) is 26.2 Å². The summed E-state index contributed by atoms with van der Waals surface area (Å²) in [6.07, 6.45) is 0.330. The smallest absolute Gasteiger partial charge is 0.317 e. The minimum absolute atomic E-state index is 0.0677. The monoisotopic (exact) mass is 312 g/mol. The normalized spacial score (nSPS) is 10.3. The molecule has 0 radical (unpaired) electrons. The van der Waals surface area contributed by atoms with Gasteiger partial charge in [-0.15, -0.1) is 11.3 Å². The SMILES string of the molecule is CCN(CC)C(=O)CCNC(=O)N(C)Cc1csc(C)n1. The first-order valence-corrected chi connectivity index (χ1v) is 8.03. The molecule has 0 aliphatic carbocycles. The van der Waals surface area contributed by atoms with Crippen LogP contribution >= 0.6 is 11.3 Å². The Bertz CT molecular complexity index is 471. The number of carbonyl (C=O) groups is 2. The van der Waals surface area contributed by atoms with Gasteiger partial charge in [0.15, 0.2) is 0 Å². The van der Waals surface area contributed by atoms with E-state index >= 15 is 0 Å². The van der Waals surface area contributed by atoms with Crippen LogP contribution < -0.4 is 5.32 Å². The summed E-state index contributed by atoms with van der Waals surface area (Å²) in [5.41, 5.74) is 0.884. The van der Waals surface area contributed by atoms with E-state index in [1.165, 1.54) is 0 Å². The van der Waals surface area contributed by atoms with Crippen molar-refractivity contribution < 1.29 is 9.59 Å². The molecule has 0 saturated heterocycles. The van der Waals surface area contributed by atoms with Crippen molar-refractivity contribution in [3.8, 4) is 0 Å². The summed E-state index contributed by atoms with van der Waals surface area (Å²) in [5.74, 6) is 0.0677. The number of amides is 3. The lowest BCUT2D eigenvalue weighted by Crippen LogP contribution is -2.39. The molecule has 118 valence electrons. The molecule has 0 saturated carbocycles. The first-order chi connectivity index (χ1) is 9.97. The molecule has 1 aromatic heterocycles. The van der Waals surface area contributed by atoms with Crippen LogP contribution in [0.2, 0.25) is 0 Å². The number of thiazole rings is 1. The Morgan fingerprint density at radius 3 is 2.52 bits per heavy atom. The molecule has 0 bridgehead atoms. The second-order valence-corrected chi connectivity index (χ2v) is 5.82. The number of hydrogen-bond acceptors (Lipinski definition) is 4. The van der Waals surface area contributed by atoms with Crippen molar-refractivity contribution in [1.82, 2.24) is 20.1 Å². The predicted molar refractivity (Wildman–Crippen MR) is 84.3 cm³/mol. The molecule has 6 nitrogen and oxygen atoms in total. The summed E-state index contributed by atoms with van der Waals surface area (Å²) in [4.78, 5) is 31.4. The molecule has 0 aromatic carbocycles. The fourth-order valence-electron chi connectivity index (χ4n) is 1.94. The number of carbonyl (C=O) groups excluding carboxylic acids is 2. The van der Waals surface area contributed by atoms with E-state index in [0.29, 0.717) is 32.6 Å². The van der Waals surface area contributed by atoms with Gasteiger partial charge in [0, 0.05) is 38.5 Å². The fraction of sp³-hybridized carbons (Fsp3) is 0.643. The summed E-state index contributed by atoms with van der Waals surface area (Å²) in [5, 5.41) is 5.70. The van der Waals surface area contributed by atoms with Crippen LogP contribution in [0.15, 0.2) is 5.38 Å². The van der Waals surface area contributed by atoms with E-state index in [-0.39, 0.29) is 11.9 Å². The highest BCUT2D eigenvalue weighted by atomic mass is 32.1. The quantitative estimate of drug-likeness (QED) is 0.835. The van der Waals surface area contributed by atoms with Gasteiger partial charge in [0.25, 0.3) is 0 Å². The third kappa shape index (κ3) is 5.71. The van der Waals surface area contributed by atoms with Gasteiger partial charge in [0.2, 0.25) is 5.91 Å². The third-order valence-corrected chi connectivity index (χ3v) is 3.97. The average Bonchev–Trinajstić information content (AvgIpc) is 2.85. The zero-order chi connectivity index (χ0) is 15.8. The van der Waals surface area contributed by atoms with Gasteiger partial charge in [0.05, 0.1) is 17.2 Å². The van der Waals surface area contributed by atoms with Gasteiger partial charge < -0.3 is 15.1 Å². The lowest BCUT2D eigenvalue weighted by Gasteiger charge is -2.20. The van der Waals surface area contributed by atoms with Crippen molar-refractivity contribution in [2.45, 2.75) is 33.7 Å². The minimum atomic E-state index is -0.187. The minimum Gasteiger partial charge on any atom is -0.343 e. The third-order valence-electron chi connectivity index (χ3n) is 3.14. The molecule has 1 rings (SSSR count). The first kappa shape index (κ1) is 17.4. The lowest BCUT2D eigenvalue weighted by atomic mass is 10.3. The van der Waals surface area contributed by atoms with E-state index < -0.39 is 0 Å². The molecule has 1 N–H and O–H groups in total. The molecule has 0 atom stereocenters. The zero-order valence-corrected chi connectivity index (χ0v) is 14.0. The van der Waals surface area contributed by atoms with Crippen LogP contribution in [0.1, 0.15) is 31.0 Å². The summed E-state index contributed by atoms with van der Waals surface area (Å²) in [7, 11) is 1.72. The van der Waals surface area contributed by atoms with Crippen LogP contribution in [-0.2, 0) is 11.3 Å². The Morgan fingerprint density at radius 2 is 2.00 bits per heavy atom. The van der Waals surface area contributed by atoms with Crippen molar-refractivity contribution in [3.05, 3.63) is 16.1 Å². The van der Waals surface area contributed by atoms with Crippen LogP contribution in [0.3, 0.4) is 0 Å². The van der Waals surface area contributed by atoms with Crippen LogP contribution in [0, 0.1) is 6.92 Å². The maximum Gasteiger partial charge on any atom is 0.317 e. The number of nitrogens with one attached hydrogen (secondary N) is 1. The van der Waals surface area contributed by atoms with Crippen molar-refractivity contribution in [2.24, 2.45) is 0 Å². The van der Waals surface area contributed by atoms with Gasteiger partial charge in [0.1, 0.15) is 0 Å². The Balaban J connectivity index is 2.31. The number of aryl methyl sites for hydroxylation is 1. The molecule has 0 unspecified atom stereocenters. The van der Waals surface area contributed by atoms with E-state index in [4.69, 9.17) is 0 Å². The van der Waals surface area contributed by atoms with Gasteiger partial charge >= 0.3 is 6.03 Å². The molecule has 0 aliphatic rings. The second-order valence-electron chi connectivity index (χ2n) is 4.76. The standard InChI is InChI=1S/C14H24N4O2S/c1-5-18(6-2)13(19)7-8-15-14(20)17(4)9-12-10-21-11(3)16-12/h10H,5-9H2,1-4H3,(H,15,20). The molecule has 0 spiro atoms. The molecule has 1 aromatic rings. The van der Waals surface area contributed by atoms with E-state index in [9.17, 15) is 9.59 Å². The van der Waals surface area contributed by atoms with Gasteiger partial charge in [-0.05, 0) is 20.8 Å². The molecule has 7 heteroatoms.